The fourth-order valence-corrected chi connectivity index (χ4v) is 4.64. The highest BCUT2D eigenvalue weighted by Crippen LogP contribution is 2.36. The number of benzene rings is 1. The molecule has 150 valence electrons. The highest BCUT2D eigenvalue weighted by Gasteiger charge is 2.55. The van der Waals surface area contributed by atoms with Gasteiger partial charge in [0.15, 0.2) is 0 Å². The number of nitrogens with one attached hydrogen (secondary N) is 2. The third-order valence-corrected chi connectivity index (χ3v) is 6.18. The molecule has 28 heavy (non-hydrogen) atoms. The molecule has 2 saturated heterocycles. The van der Waals surface area contributed by atoms with Crippen LogP contribution < -0.4 is 10.6 Å². The van der Waals surface area contributed by atoms with Gasteiger partial charge in [-0.15, -0.1) is 23.7 Å². The fraction of sp³-hybridized carbons (Fsp3) is 0.421. The SMILES string of the molecule is Cl.O=C1NC(Cc2ccc(F)cc2)(C2CCNCC2)C(=O)N1Cc1nccs1. The van der Waals surface area contributed by atoms with E-state index in [4.69, 9.17) is 0 Å². The van der Waals surface area contributed by atoms with Crippen molar-refractivity contribution in [2.45, 2.75) is 31.3 Å². The van der Waals surface area contributed by atoms with Crippen LogP contribution in [0.1, 0.15) is 23.4 Å². The molecule has 2 N–H and O–H groups in total. The number of aromatic nitrogens is 1. The summed E-state index contributed by atoms with van der Waals surface area (Å²) in [6.07, 6.45) is 3.63. The third kappa shape index (κ3) is 3.90. The van der Waals surface area contributed by atoms with Crippen LogP contribution in [0.5, 0.6) is 0 Å². The van der Waals surface area contributed by atoms with Crippen LogP contribution in [0.2, 0.25) is 0 Å². The van der Waals surface area contributed by atoms with E-state index in [1.165, 1.54) is 28.4 Å². The molecule has 3 amide bonds. The van der Waals surface area contributed by atoms with Gasteiger partial charge in [-0.1, -0.05) is 12.1 Å². The smallest absolute Gasteiger partial charge is 0.322 e. The van der Waals surface area contributed by atoms with Gasteiger partial charge in [0, 0.05) is 18.0 Å². The third-order valence-electron chi connectivity index (χ3n) is 5.41. The Balaban J connectivity index is 0.00000225. The molecule has 9 heteroatoms. The Morgan fingerprint density at radius 2 is 1.93 bits per heavy atom. The zero-order chi connectivity index (χ0) is 18.9. The number of thiazole rings is 1. The Bertz CT molecular complexity index is 827. The van der Waals surface area contributed by atoms with Crippen molar-refractivity contribution in [1.29, 1.82) is 0 Å². The molecule has 1 aromatic heterocycles. The molecule has 0 radical (unpaired) electrons. The molecule has 3 heterocycles. The topological polar surface area (TPSA) is 74.3 Å². The summed E-state index contributed by atoms with van der Waals surface area (Å²) in [5.41, 5.74) is -0.159. The number of urea groups is 1. The van der Waals surface area contributed by atoms with Gasteiger partial charge in [-0.3, -0.25) is 9.69 Å². The summed E-state index contributed by atoms with van der Waals surface area (Å²) >= 11 is 1.42. The second-order valence-electron chi connectivity index (χ2n) is 7.05. The first-order valence-corrected chi connectivity index (χ1v) is 9.94. The summed E-state index contributed by atoms with van der Waals surface area (Å²) in [5.74, 6) is -0.498. The van der Waals surface area contributed by atoms with E-state index < -0.39 is 5.54 Å². The number of nitrogens with zero attached hydrogens (tertiary/aromatic N) is 2. The van der Waals surface area contributed by atoms with Crippen LogP contribution in [0.25, 0.3) is 0 Å². The molecular weight excluding hydrogens is 403 g/mol. The van der Waals surface area contributed by atoms with Crippen molar-refractivity contribution < 1.29 is 14.0 Å². The summed E-state index contributed by atoms with van der Waals surface area (Å²) in [6.45, 7) is 1.80. The lowest BCUT2D eigenvalue weighted by Gasteiger charge is -2.38. The number of hydrogen-bond donors (Lipinski definition) is 2. The first-order valence-electron chi connectivity index (χ1n) is 9.06. The van der Waals surface area contributed by atoms with Gasteiger partial charge in [-0.2, -0.15) is 0 Å². The summed E-state index contributed by atoms with van der Waals surface area (Å²) in [4.78, 5) is 31.6. The zero-order valence-electron chi connectivity index (χ0n) is 15.2. The van der Waals surface area contributed by atoms with Gasteiger partial charge in [-0.05, 0) is 49.5 Å². The molecule has 0 aliphatic carbocycles. The molecule has 0 spiro atoms. The van der Waals surface area contributed by atoms with Gasteiger partial charge in [0.05, 0.1) is 6.54 Å². The average Bonchev–Trinajstić information content (AvgIpc) is 3.28. The molecule has 0 saturated carbocycles. The van der Waals surface area contributed by atoms with E-state index in [0.717, 1.165) is 36.5 Å². The Morgan fingerprint density at radius 3 is 2.57 bits per heavy atom. The van der Waals surface area contributed by atoms with Crippen LogP contribution >= 0.6 is 23.7 Å². The summed E-state index contributed by atoms with van der Waals surface area (Å²) < 4.78 is 13.3. The second kappa shape index (κ2) is 8.55. The quantitative estimate of drug-likeness (QED) is 0.724. The molecule has 2 aliphatic heterocycles. The van der Waals surface area contributed by atoms with E-state index in [0.29, 0.717) is 6.42 Å². The molecule has 1 aromatic carbocycles. The van der Waals surface area contributed by atoms with Crippen LogP contribution in [-0.4, -0.2) is 40.5 Å². The number of piperidine rings is 1. The van der Waals surface area contributed by atoms with Crippen molar-refractivity contribution in [3.05, 3.63) is 52.2 Å². The number of halogens is 2. The minimum absolute atomic E-state index is 0. The van der Waals surface area contributed by atoms with E-state index in [-0.39, 0.29) is 42.6 Å². The molecule has 2 aromatic rings. The molecular formula is C19H22ClFN4O2S. The highest BCUT2D eigenvalue weighted by molar-refractivity contribution is 7.09. The maximum Gasteiger partial charge on any atom is 0.325 e. The van der Waals surface area contributed by atoms with Crippen molar-refractivity contribution in [1.82, 2.24) is 20.5 Å². The summed E-state index contributed by atoms with van der Waals surface area (Å²) in [6, 6.07) is 5.76. The molecule has 4 rings (SSSR count). The lowest BCUT2D eigenvalue weighted by atomic mass is 9.74. The maximum atomic E-state index is 13.5. The second-order valence-corrected chi connectivity index (χ2v) is 8.03. The first kappa shape index (κ1) is 20.7. The lowest BCUT2D eigenvalue weighted by molar-refractivity contribution is -0.134. The monoisotopic (exact) mass is 424 g/mol. The van der Waals surface area contributed by atoms with Gasteiger partial charge >= 0.3 is 6.03 Å². The van der Waals surface area contributed by atoms with Crippen LogP contribution in [-0.2, 0) is 17.8 Å². The Morgan fingerprint density at radius 1 is 1.21 bits per heavy atom. The molecule has 2 aliphatic rings. The van der Waals surface area contributed by atoms with Crippen molar-refractivity contribution >= 4 is 35.7 Å². The number of imide groups is 1. The van der Waals surface area contributed by atoms with E-state index in [1.807, 2.05) is 5.38 Å². The summed E-state index contributed by atoms with van der Waals surface area (Å²) in [7, 11) is 0. The normalized spacial score (nSPS) is 22.8. The lowest BCUT2D eigenvalue weighted by Crippen LogP contribution is -2.57. The van der Waals surface area contributed by atoms with Gasteiger partial charge in [-0.25, -0.2) is 14.2 Å². The van der Waals surface area contributed by atoms with Gasteiger partial charge in [0.25, 0.3) is 5.91 Å². The number of carbonyl (C=O) groups excluding carboxylic acids is 2. The Labute approximate surface area is 172 Å². The average molecular weight is 425 g/mol. The highest BCUT2D eigenvalue weighted by atomic mass is 35.5. The van der Waals surface area contributed by atoms with Crippen molar-refractivity contribution in [3.8, 4) is 0 Å². The van der Waals surface area contributed by atoms with Crippen molar-refractivity contribution in [2.24, 2.45) is 5.92 Å². The Hall–Kier alpha value is -2.03. The first-order chi connectivity index (χ1) is 13.1. The van der Waals surface area contributed by atoms with Gasteiger partial charge < -0.3 is 10.6 Å². The minimum Gasteiger partial charge on any atom is -0.322 e. The molecule has 0 bridgehead atoms. The van der Waals surface area contributed by atoms with E-state index in [9.17, 15) is 14.0 Å². The number of amides is 3. The van der Waals surface area contributed by atoms with Crippen LogP contribution in [0.3, 0.4) is 0 Å². The molecule has 1 atom stereocenters. The van der Waals surface area contributed by atoms with Crippen LogP contribution in [0.4, 0.5) is 9.18 Å². The van der Waals surface area contributed by atoms with Crippen molar-refractivity contribution in [2.75, 3.05) is 13.1 Å². The van der Waals surface area contributed by atoms with E-state index in [1.54, 1.807) is 18.3 Å². The number of hydrogen-bond acceptors (Lipinski definition) is 5. The standard InChI is InChI=1S/C19H21FN4O2S.ClH/c20-15-3-1-13(2-4-15)11-19(14-5-7-21-8-6-14)17(25)24(18(26)23-19)12-16-22-9-10-27-16;/h1-4,9-10,14,21H,5-8,11-12H2,(H,23,26);1H. The Kier molecular flexibility index (Phi) is 6.32. The summed E-state index contributed by atoms with van der Waals surface area (Å²) in [5, 5.41) is 8.86. The minimum atomic E-state index is -0.992. The predicted molar refractivity (Wildman–Crippen MR) is 107 cm³/mol. The van der Waals surface area contributed by atoms with Crippen LogP contribution in [0.15, 0.2) is 35.8 Å². The number of rotatable bonds is 5. The predicted octanol–water partition coefficient (Wildman–Crippen LogP) is 2.74. The number of carbonyl (C=O) groups is 2. The largest absolute Gasteiger partial charge is 0.325 e. The molecule has 2 fully saturated rings. The molecule has 6 nitrogen and oxygen atoms in total. The van der Waals surface area contributed by atoms with Crippen LogP contribution in [0, 0.1) is 11.7 Å². The van der Waals surface area contributed by atoms with Gasteiger partial charge in [0.1, 0.15) is 16.4 Å². The van der Waals surface area contributed by atoms with E-state index >= 15 is 0 Å². The van der Waals surface area contributed by atoms with E-state index in [2.05, 4.69) is 15.6 Å². The van der Waals surface area contributed by atoms with Gasteiger partial charge in [0.2, 0.25) is 0 Å². The fourth-order valence-electron chi connectivity index (χ4n) is 4.03. The zero-order valence-corrected chi connectivity index (χ0v) is 16.8. The van der Waals surface area contributed by atoms with Crippen molar-refractivity contribution in [3.63, 3.8) is 0 Å². The molecule has 1 unspecified atom stereocenters. The maximum absolute atomic E-state index is 13.5.